The summed E-state index contributed by atoms with van der Waals surface area (Å²) >= 11 is 4.61. The molecule has 2 heterocycles. The van der Waals surface area contributed by atoms with Gasteiger partial charge in [0, 0.05) is 11.9 Å². The maximum Gasteiger partial charge on any atom is 0.267 e. The van der Waals surface area contributed by atoms with Gasteiger partial charge in [0.25, 0.3) is 5.91 Å². The molecule has 0 aliphatic carbocycles. The standard InChI is InChI=1S/C11H16BrN3O2S/c1-7(2)9-10(18-14-13-9)11(16)15-3-4-17-6-8(15)5-12/h7-8H,3-6H2,1-2H3. The molecule has 1 unspecified atom stereocenters. The Kier molecular flexibility index (Phi) is 4.69. The molecular weight excluding hydrogens is 318 g/mol. The van der Waals surface area contributed by atoms with Crippen LogP contribution in [0.3, 0.4) is 0 Å². The van der Waals surface area contributed by atoms with Gasteiger partial charge in [-0.3, -0.25) is 4.79 Å². The van der Waals surface area contributed by atoms with E-state index in [1.165, 1.54) is 11.5 Å². The second kappa shape index (κ2) is 6.08. The molecule has 1 aliphatic heterocycles. The summed E-state index contributed by atoms with van der Waals surface area (Å²) in [4.78, 5) is 15.1. The number of aromatic nitrogens is 2. The van der Waals surface area contributed by atoms with Crippen LogP contribution >= 0.6 is 27.5 Å². The average Bonchev–Trinajstić information content (AvgIpc) is 2.87. The largest absolute Gasteiger partial charge is 0.377 e. The molecule has 18 heavy (non-hydrogen) atoms. The molecule has 5 nitrogen and oxygen atoms in total. The Morgan fingerprint density at radius 1 is 1.67 bits per heavy atom. The zero-order valence-corrected chi connectivity index (χ0v) is 12.8. The van der Waals surface area contributed by atoms with Crippen LogP contribution in [0.25, 0.3) is 0 Å². The Morgan fingerprint density at radius 3 is 3.11 bits per heavy atom. The van der Waals surface area contributed by atoms with Gasteiger partial charge in [-0.2, -0.15) is 0 Å². The summed E-state index contributed by atoms with van der Waals surface area (Å²) in [5, 5.41) is 4.78. The van der Waals surface area contributed by atoms with Gasteiger partial charge in [0.05, 0.1) is 24.9 Å². The van der Waals surface area contributed by atoms with E-state index in [2.05, 4.69) is 25.5 Å². The lowest BCUT2D eigenvalue weighted by molar-refractivity contribution is 0.00543. The van der Waals surface area contributed by atoms with Gasteiger partial charge in [-0.25, -0.2) is 0 Å². The smallest absolute Gasteiger partial charge is 0.267 e. The summed E-state index contributed by atoms with van der Waals surface area (Å²) in [5.41, 5.74) is 0.796. The minimum absolute atomic E-state index is 0.0291. The van der Waals surface area contributed by atoms with Crippen molar-refractivity contribution in [3.8, 4) is 0 Å². The van der Waals surface area contributed by atoms with Crippen molar-refractivity contribution in [2.45, 2.75) is 25.8 Å². The summed E-state index contributed by atoms with van der Waals surface area (Å²) in [5.74, 6) is 0.243. The molecular formula is C11H16BrN3O2S. The van der Waals surface area contributed by atoms with Crippen LogP contribution in [-0.4, -0.2) is 51.5 Å². The third kappa shape index (κ3) is 2.73. The van der Waals surface area contributed by atoms with Crippen LogP contribution in [0.15, 0.2) is 0 Å². The SMILES string of the molecule is CC(C)c1nnsc1C(=O)N1CCOCC1CBr. The lowest BCUT2D eigenvalue weighted by Crippen LogP contribution is -2.49. The summed E-state index contributed by atoms with van der Waals surface area (Å²) in [7, 11) is 0. The second-order valence-corrected chi connectivity index (χ2v) is 5.93. The number of rotatable bonds is 3. The van der Waals surface area contributed by atoms with E-state index in [0.29, 0.717) is 24.6 Å². The summed E-state index contributed by atoms with van der Waals surface area (Å²) in [6.07, 6.45) is 0. The zero-order chi connectivity index (χ0) is 13.1. The molecule has 1 aromatic rings. The van der Waals surface area contributed by atoms with Gasteiger partial charge in [0.15, 0.2) is 0 Å². The van der Waals surface area contributed by atoms with E-state index < -0.39 is 0 Å². The van der Waals surface area contributed by atoms with Gasteiger partial charge in [-0.05, 0) is 17.5 Å². The van der Waals surface area contributed by atoms with Gasteiger partial charge in [0.2, 0.25) is 0 Å². The van der Waals surface area contributed by atoms with Crippen molar-refractivity contribution in [3.05, 3.63) is 10.6 Å². The average molecular weight is 334 g/mol. The Morgan fingerprint density at radius 2 is 2.44 bits per heavy atom. The van der Waals surface area contributed by atoms with Crippen LogP contribution in [0, 0.1) is 0 Å². The predicted molar refractivity (Wildman–Crippen MR) is 73.4 cm³/mol. The summed E-state index contributed by atoms with van der Waals surface area (Å²) in [6.45, 7) is 5.85. The number of morpholine rings is 1. The Balaban J connectivity index is 2.21. The van der Waals surface area contributed by atoms with Crippen LogP contribution in [0.1, 0.15) is 35.1 Å². The van der Waals surface area contributed by atoms with Crippen LogP contribution in [-0.2, 0) is 4.74 Å². The van der Waals surface area contributed by atoms with Crippen molar-refractivity contribution in [1.29, 1.82) is 0 Å². The first kappa shape index (κ1) is 13.9. The molecule has 1 fully saturated rings. The number of nitrogens with zero attached hydrogens (tertiary/aromatic N) is 3. The van der Waals surface area contributed by atoms with Crippen molar-refractivity contribution < 1.29 is 9.53 Å². The molecule has 0 aromatic carbocycles. The van der Waals surface area contributed by atoms with E-state index in [4.69, 9.17) is 4.74 Å². The molecule has 0 N–H and O–H groups in total. The van der Waals surface area contributed by atoms with Gasteiger partial charge < -0.3 is 9.64 Å². The third-order valence-electron chi connectivity index (χ3n) is 2.92. The van der Waals surface area contributed by atoms with Crippen molar-refractivity contribution in [3.63, 3.8) is 0 Å². The number of hydrogen-bond donors (Lipinski definition) is 0. The molecule has 0 spiro atoms. The number of carbonyl (C=O) groups is 1. The Hall–Kier alpha value is -0.530. The number of amides is 1. The van der Waals surface area contributed by atoms with Gasteiger partial charge >= 0.3 is 0 Å². The maximum absolute atomic E-state index is 12.5. The second-order valence-electron chi connectivity index (χ2n) is 4.52. The van der Waals surface area contributed by atoms with Crippen molar-refractivity contribution in [1.82, 2.24) is 14.5 Å². The van der Waals surface area contributed by atoms with Crippen LogP contribution in [0.5, 0.6) is 0 Å². The predicted octanol–water partition coefficient (Wildman–Crippen LogP) is 1.90. The molecule has 7 heteroatoms. The van der Waals surface area contributed by atoms with Gasteiger partial charge in [-0.15, -0.1) is 5.10 Å². The Bertz CT molecular complexity index is 424. The first-order chi connectivity index (χ1) is 8.65. The lowest BCUT2D eigenvalue weighted by atomic mass is 10.1. The molecule has 0 bridgehead atoms. The number of hydrogen-bond acceptors (Lipinski definition) is 5. The molecule has 1 aliphatic rings. The molecule has 1 aromatic heterocycles. The monoisotopic (exact) mass is 333 g/mol. The third-order valence-corrected chi connectivity index (χ3v) is 4.40. The fourth-order valence-electron chi connectivity index (χ4n) is 1.90. The molecule has 1 amide bonds. The molecule has 0 saturated carbocycles. The first-order valence-corrected chi connectivity index (χ1v) is 7.81. The summed E-state index contributed by atoms with van der Waals surface area (Å²) in [6, 6.07) is 0.0911. The summed E-state index contributed by atoms with van der Waals surface area (Å²) < 4.78 is 9.31. The zero-order valence-electron chi connectivity index (χ0n) is 10.4. The minimum atomic E-state index is 0.0291. The van der Waals surface area contributed by atoms with Crippen molar-refractivity contribution >= 4 is 33.4 Å². The molecule has 0 radical (unpaired) electrons. The molecule has 1 atom stereocenters. The fourth-order valence-corrected chi connectivity index (χ4v) is 3.22. The highest BCUT2D eigenvalue weighted by Gasteiger charge is 2.30. The topological polar surface area (TPSA) is 55.3 Å². The van der Waals surface area contributed by atoms with Crippen LogP contribution in [0.4, 0.5) is 0 Å². The maximum atomic E-state index is 12.5. The lowest BCUT2D eigenvalue weighted by Gasteiger charge is -2.34. The fraction of sp³-hybridized carbons (Fsp3) is 0.727. The molecule has 1 saturated heterocycles. The van der Waals surface area contributed by atoms with E-state index >= 15 is 0 Å². The highest BCUT2D eigenvalue weighted by molar-refractivity contribution is 9.09. The minimum Gasteiger partial charge on any atom is -0.377 e. The first-order valence-electron chi connectivity index (χ1n) is 5.92. The highest BCUT2D eigenvalue weighted by atomic mass is 79.9. The van der Waals surface area contributed by atoms with Crippen molar-refractivity contribution in [2.24, 2.45) is 0 Å². The molecule has 2 rings (SSSR count). The molecule has 100 valence electrons. The normalized spacial score (nSPS) is 20.4. The highest BCUT2D eigenvalue weighted by Crippen LogP contribution is 2.23. The van der Waals surface area contributed by atoms with E-state index in [-0.39, 0.29) is 17.9 Å². The number of alkyl halides is 1. The number of carbonyl (C=O) groups excluding carboxylic acids is 1. The van der Waals surface area contributed by atoms with E-state index in [0.717, 1.165) is 11.0 Å². The van der Waals surface area contributed by atoms with Gasteiger partial charge in [0.1, 0.15) is 4.88 Å². The van der Waals surface area contributed by atoms with Gasteiger partial charge in [-0.1, -0.05) is 34.3 Å². The quantitative estimate of drug-likeness (QED) is 0.793. The van der Waals surface area contributed by atoms with E-state index in [9.17, 15) is 4.79 Å². The van der Waals surface area contributed by atoms with E-state index in [1.54, 1.807) is 0 Å². The Labute approximate surface area is 119 Å². The van der Waals surface area contributed by atoms with Crippen molar-refractivity contribution in [2.75, 3.05) is 25.1 Å². The van der Waals surface area contributed by atoms with Crippen LogP contribution in [0.2, 0.25) is 0 Å². The number of ether oxygens (including phenoxy) is 1. The van der Waals surface area contributed by atoms with Crippen LogP contribution < -0.4 is 0 Å². The van der Waals surface area contributed by atoms with E-state index in [1.807, 2.05) is 18.7 Å². The number of halogens is 1.